The molecule has 4 aromatic rings. The summed E-state index contributed by atoms with van der Waals surface area (Å²) in [4.78, 5) is 99.0. The number of nitrogens with zero attached hydrogens (tertiary/aromatic N) is 6. The number of amides is 6. The number of fused-ring (bicyclic) bond motifs is 2. The molecule has 0 aliphatic carbocycles. The normalized spacial score (nSPS) is 20.2. The Morgan fingerprint density at radius 3 is 2.18 bits per heavy atom. The van der Waals surface area contributed by atoms with E-state index in [1.165, 1.54) is 11.3 Å². The van der Waals surface area contributed by atoms with E-state index in [0.717, 1.165) is 103 Å². The van der Waals surface area contributed by atoms with Gasteiger partial charge in [0.15, 0.2) is 0 Å². The molecular weight excluding hydrogens is 865 g/mol. The minimum Gasteiger partial charge on any atom is -0.496 e. The number of carbonyl (C=O) groups is 6. The highest BCUT2D eigenvalue weighted by molar-refractivity contribution is 7.21. The number of benzene rings is 2. The molecule has 0 spiro atoms. The number of imide groups is 2. The van der Waals surface area contributed by atoms with Gasteiger partial charge >= 0.3 is 0 Å². The molecule has 66 heavy (non-hydrogen) atoms. The number of likely N-dealkylation sites (tertiary alicyclic amines) is 2. The molecule has 348 valence electrons. The van der Waals surface area contributed by atoms with E-state index in [2.05, 4.69) is 25.3 Å². The average molecular weight is 921 g/mol. The number of rotatable bonds is 13. The Morgan fingerprint density at radius 1 is 0.818 bits per heavy atom. The summed E-state index contributed by atoms with van der Waals surface area (Å²) in [5.74, 6) is -0.224. The van der Waals surface area contributed by atoms with Crippen molar-refractivity contribution in [2.24, 2.45) is 13.0 Å². The number of carbonyl (C=O) groups excluding carboxylic acids is 6. The van der Waals surface area contributed by atoms with Gasteiger partial charge in [0, 0.05) is 87.5 Å². The molecule has 2 aromatic carbocycles. The molecule has 5 aliphatic rings. The van der Waals surface area contributed by atoms with Crippen LogP contribution in [0.1, 0.15) is 80.9 Å². The first-order valence-corrected chi connectivity index (χ1v) is 23.7. The van der Waals surface area contributed by atoms with Crippen molar-refractivity contribution in [1.29, 1.82) is 0 Å². The van der Waals surface area contributed by atoms with E-state index in [4.69, 9.17) is 9.47 Å². The summed E-state index contributed by atoms with van der Waals surface area (Å²) in [6.45, 7) is 8.13. The zero-order valence-corrected chi connectivity index (χ0v) is 38.5. The third-order valence-corrected chi connectivity index (χ3v) is 15.3. The number of nitrogens with one attached hydrogen (secondary N) is 2. The van der Waals surface area contributed by atoms with Crippen molar-refractivity contribution in [1.82, 2.24) is 34.8 Å². The first-order valence-electron chi connectivity index (χ1n) is 22.9. The monoisotopic (exact) mass is 920 g/mol. The topological polar surface area (TPSA) is 183 Å². The van der Waals surface area contributed by atoms with Crippen LogP contribution >= 0.6 is 11.3 Å². The van der Waals surface area contributed by atoms with Gasteiger partial charge in [0.2, 0.25) is 18.2 Å². The molecule has 4 fully saturated rings. The minimum absolute atomic E-state index is 0.0394. The molecule has 4 saturated heterocycles. The highest BCUT2D eigenvalue weighted by Gasteiger charge is 2.45. The number of hydrogen-bond donors (Lipinski definition) is 2. The number of ether oxygens (including phenoxy) is 2. The maximum atomic E-state index is 13.4. The number of pyridine rings is 1. The van der Waals surface area contributed by atoms with Crippen molar-refractivity contribution in [2.45, 2.75) is 63.6 Å². The van der Waals surface area contributed by atoms with Gasteiger partial charge in [0.05, 0.1) is 41.2 Å². The van der Waals surface area contributed by atoms with E-state index in [9.17, 15) is 33.6 Å². The smallest absolute Gasteiger partial charge is 0.262 e. The molecule has 18 heteroatoms. The standard InChI is InChI=1S/C48H56N8O9S/c1-51-26-36(43-35(46(51)61)25-41(66-43)45(60)49-31-11-16-54(28-57)17-12-31)30-22-39(64-2)37(40(23-30)65-3)27-53-14-9-29(10-15-53)8-13-52-18-20-55(21-19-52)32-4-5-33-34(24-32)48(63)56(47(33)62)38-6-7-42(58)50-44(38)59/h4-5,22-26,28-29,31,38H,6-21,27H2,1-3H3,(H,49,60)(H,50,58,59). The minimum atomic E-state index is -0.982. The number of hydrogen-bond acceptors (Lipinski definition) is 13. The zero-order valence-electron chi connectivity index (χ0n) is 37.6. The van der Waals surface area contributed by atoms with E-state index in [-0.39, 0.29) is 35.9 Å². The van der Waals surface area contributed by atoms with Crippen molar-refractivity contribution in [3.8, 4) is 22.6 Å². The summed E-state index contributed by atoms with van der Waals surface area (Å²) in [6, 6.07) is 9.97. The van der Waals surface area contributed by atoms with E-state index < -0.39 is 29.7 Å². The Bertz CT molecular complexity index is 2610. The first-order chi connectivity index (χ1) is 31.9. The third kappa shape index (κ3) is 8.92. The Kier molecular flexibility index (Phi) is 13.0. The number of methoxy groups -OCH3 is 2. The summed E-state index contributed by atoms with van der Waals surface area (Å²) < 4.78 is 14.3. The lowest BCUT2D eigenvalue weighted by Gasteiger charge is -2.38. The lowest BCUT2D eigenvalue weighted by molar-refractivity contribution is -0.136. The Morgan fingerprint density at radius 2 is 1.52 bits per heavy atom. The second-order valence-electron chi connectivity index (χ2n) is 18.1. The molecule has 2 N–H and O–H groups in total. The predicted octanol–water partition coefficient (Wildman–Crippen LogP) is 3.46. The molecule has 1 atom stereocenters. The second kappa shape index (κ2) is 19.0. The number of piperidine rings is 3. The van der Waals surface area contributed by atoms with Crippen LogP contribution in [0.2, 0.25) is 0 Å². The number of aromatic nitrogens is 1. The van der Waals surface area contributed by atoms with Gasteiger partial charge in [-0.15, -0.1) is 11.3 Å². The molecule has 2 aromatic heterocycles. The van der Waals surface area contributed by atoms with E-state index >= 15 is 0 Å². The first kappa shape index (κ1) is 45.1. The fourth-order valence-electron chi connectivity index (χ4n) is 10.2. The Hall–Kier alpha value is -6.11. The second-order valence-corrected chi connectivity index (χ2v) is 19.1. The molecule has 6 amide bonds. The molecule has 7 heterocycles. The van der Waals surface area contributed by atoms with Crippen LogP contribution in [0.15, 0.2) is 47.4 Å². The van der Waals surface area contributed by atoms with Gasteiger partial charge < -0.3 is 29.2 Å². The molecule has 1 unspecified atom stereocenters. The highest BCUT2D eigenvalue weighted by atomic mass is 32.1. The van der Waals surface area contributed by atoms with Crippen molar-refractivity contribution in [2.75, 3.05) is 78.0 Å². The quantitative estimate of drug-likeness (QED) is 0.148. The van der Waals surface area contributed by atoms with Gasteiger partial charge in [-0.05, 0) is 106 Å². The lowest BCUT2D eigenvalue weighted by atomic mass is 9.92. The van der Waals surface area contributed by atoms with E-state index in [0.29, 0.717) is 65.7 Å². The fraction of sp³-hybridized carbons (Fsp3) is 0.479. The largest absolute Gasteiger partial charge is 0.496 e. The van der Waals surface area contributed by atoms with Gasteiger partial charge in [-0.2, -0.15) is 0 Å². The maximum Gasteiger partial charge on any atom is 0.262 e. The van der Waals surface area contributed by atoms with Crippen LogP contribution in [0.3, 0.4) is 0 Å². The van der Waals surface area contributed by atoms with Crippen LogP contribution in [-0.2, 0) is 28.0 Å². The SMILES string of the molecule is COc1cc(-c2cn(C)c(=O)c3cc(C(=O)NC4CCN(C=O)CC4)sc23)cc(OC)c1CN1CCC(CCN2CCN(c3ccc4c(c3)C(=O)N(C3CCC(=O)NC3=O)C4=O)CC2)CC1. The molecule has 9 rings (SSSR count). The third-order valence-electron chi connectivity index (χ3n) is 14.1. The summed E-state index contributed by atoms with van der Waals surface area (Å²) in [5.41, 5.74) is 3.87. The number of anilines is 1. The predicted molar refractivity (Wildman–Crippen MR) is 248 cm³/mol. The van der Waals surface area contributed by atoms with E-state index in [1.807, 2.05) is 18.2 Å². The molecular formula is C48H56N8O9S. The maximum absolute atomic E-state index is 13.4. The number of piperazine rings is 1. The highest BCUT2D eigenvalue weighted by Crippen LogP contribution is 2.41. The average Bonchev–Trinajstić information content (AvgIpc) is 3.89. The molecule has 0 radical (unpaired) electrons. The van der Waals surface area contributed by atoms with Crippen LogP contribution in [0.4, 0.5) is 5.69 Å². The fourth-order valence-corrected chi connectivity index (χ4v) is 11.3. The summed E-state index contributed by atoms with van der Waals surface area (Å²) in [7, 11) is 5.03. The summed E-state index contributed by atoms with van der Waals surface area (Å²) in [5, 5.41) is 5.83. The molecule has 0 saturated carbocycles. The Balaban J connectivity index is 0.783. The van der Waals surface area contributed by atoms with Gasteiger partial charge in [-0.25, -0.2) is 0 Å². The van der Waals surface area contributed by atoms with Crippen LogP contribution in [0, 0.1) is 5.92 Å². The summed E-state index contributed by atoms with van der Waals surface area (Å²) in [6.07, 6.45) is 7.51. The van der Waals surface area contributed by atoms with Gasteiger partial charge in [-0.3, -0.25) is 53.6 Å². The van der Waals surface area contributed by atoms with Crippen molar-refractivity contribution in [3.63, 3.8) is 0 Å². The Labute approximate surface area is 386 Å². The molecule has 0 bridgehead atoms. The molecule has 5 aliphatic heterocycles. The van der Waals surface area contributed by atoms with Crippen LogP contribution in [0.25, 0.3) is 21.2 Å². The van der Waals surface area contributed by atoms with Crippen molar-refractivity contribution < 1.29 is 38.2 Å². The van der Waals surface area contributed by atoms with Crippen molar-refractivity contribution >= 4 is 63.1 Å². The van der Waals surface area contributed by atoms with Gasteiger partial charge in [0.1, 0.15) is 17.5 Å². The van der Waals surface area contributed by atoms with Crippen LogP contribution in [0.5, 0.6) is 11.5 Å². The van der Waals surface area contributed by atoms with Gasteiger partial charge in [0.25, 0.3) is 23.3 Å². The molecule has 17 nitrogen and oxygen atoms in total. The lowest BCUT2D eigenvalue weighted by Crippen LogP contribution is -2.54. The van der Waals surface area contributed by atoms with Crippen LogP contribution in [-0.4, -0.2) is 145 Å². The summed E-state index contributed by atoms with van der Waals surface area (Å²) >= 11 is 1.30. The van der Waals surface area contributed by atoms with Crippen molar-refractivity contribution in [3.05, 3.63) is 74.5 Å². The van der Waals surface area contributed by atoms with E-state index in [1.54, 1.807) is 55.1 Å². The number of aryl methyl sites for hydroxylation is 1. The number of thiophene rings is 1. The van der Waals surface area contributed by atoms with Gasteiger partial charge in [-0.1, -0.05) is 0 Å². The zero-order chi connectivity index (χ0) is 46.2. The van der Waals surface area contributed by atoms with Crippen LogP contribution < -0.4 is 30.6 Å².